The number of halogens is 1. The van der Waals surface area contributed by atoms with Crippen molar-refractivity contribution in [3.8, 4) is 0 Å². The third kappa shape index (κ3) is 3.62. The van der Waals surface area contributed by atoms with E-state index in [1.807, 2.05) is 18.2 Å². The van der Waals surface area contributed by atoms with Crippen molar-refractivity contribution in [3.63, 3.8) is 0 Å². The maximum atomic E-state index is 6.22. The smallest absolute Gasteiger partial charge is 0.0453 e. The molecule has 0 fully saturated rings. The number of nitrogens with one attached hydrogen (secondary N) is 1. The quantitative estimate of drug-likeness (QED) is 0.827. The summed E-state index contributed by atoms with van der Waals surface area (Å²) in [6, 6.07) is 12.5. The van der Waals surface area contributed by atoms with Crippen molar-refractivity contribution in [2.24, 2.45) is 0 Å². The van der Waals surface area contributed by atoms with Gasteiger partial charge in [-0.25, -0.2) is 0 Å². The van der Waals surface area contributed by atoms with E-state index >= 15 is 0 Å². The van der Waals surface area contributed by atoms with Gasteiger partial charge >= 0.3 is 0 Å². The average Bonchev–Trinajstić information content (AvgIpc) is 2.84. The molecule has 1 heterocycles. The molecule has 19 heavy (non-hydrogen) atoms. The summed E-state index contributed by atoms with van der Waals surface area (Å²) < 4.78 is 2.30. The van der Waals surface area contributed by atoms with Crippen molar-refractivity contribution in [2.75, 3.05) is 0 Å². The lowest BCUT2D eigenvalue weighted by atomic mass is 10.1. The summed E-state index contributed by atoms with van der Waals surface area (Å²) in [6.45, 7) is 6.28. The van der Waals surface area contributed by atoms with Crippen LogP contribution in [0.25, 0.3) is 0 Å². The van der Waals surface area contributed by atoms with Gasteiger partial charge < -0.3 is 9.88 Å². The third-order valence-electron chi connectivity index (χ3n) is 3.35. The number of rotatable bonds is 6. The summed E-state index contributed by atoms with van der Waals surface area (Å²) in [4.78, 5) is 0. The molecule has 0 spiro atoms. The molecule has 2 aromatic rings. The topological polar surface area (TPSA) is 17.0 Å². The summed E-state index contributed by atoms with van der Waals surface area (Å²) in [6.07, 6.45) is 3.29. The molecule has 1 N–H and O–H groups in total. The summed E-state index contributed by atoms with van der Waals surface area (Å²) in [5, 5.41) is 4.36. The van der Waals surface area contributed by atoms with E-state index in [4.69, 9.17) is 11.6 Å². The minimum atomic E-state index is 0.249. The van der Waals surface area contributed by atoms with E-state index in [9.17, 15) is 0 Å². The van der Waals surface area contributed by atoms with E-state index in [1.54, 1.807) is 0 Å². The molecular formula is C16H21ClN2. The summed E-state index contributed by atoms with van der Waals surface area (Å²) >= 11 is 6.22. The first-order valence-electron chi connectivity index (χ1n) is 6.84. The number of aryl methyl sites for hydroxylation is 1. The molecule has 0 aliphatic carbocycles. The lowest BCUT2D eigenvalue weighted by molar-refractivity contribution is 0.542. The van der Waals surface area contributed by atoms with Crippen LogP contribution in [-0.2, 0) is 13.1 Å². The van der Waals surface area contributed by atoms with E-state index < -0.39 is 0 Å². The number of aromatic nitrogens is 1. The fourth-order valence-electron chi connectivity index (χ4n) is 2.26. The highest BCUT2D eigenvalue weighted by Gasteiger charge is 2.09. The zero-order chi connectivity index (χ0) is 13.7. The van der Waals surface area contributed by atoms with Crippen LogP contribution in [0.1, 0.15) is 37.6 Å². The van der Waals surface area contributed by atoms with Crippen molar-refractivity contribution in [1.82, 2.24) is 9.88 Å². The van der Waals surface area contributed by atoms with Crippen molar-refractivity contribution in [2.45, 2.75) is 39.4 Å². The van der Waals surface area contributed by atoms with E-state index in [0.717, 1.165) is 30.1 Å². The second-order valence-electron chi connectivity index (χ2n) is 4.82. The molecule has 0 saturated heterocycles. The molecule has 1 atom stereocenters. The van der Waals surface area contributed by atoms with Gasteiger partial charge in [-0.05, 0) is 37.1 Å². The van der Waals surface area contributed by atoms with E-state index in [2.05, 4.69) is 48.1 Å². The van der Waals surface area contributed by atoms with E-state index in [0.29, 0.717) is 0 Å². The summed E-state index contributed by atoms with van der Waals surface area (Å²) in [7, 11) is 0. The van der Waals surface area contributed by atoms with Gasteiger partial charge in [0.25, 0.3) is 0 Å². The average molecular weight is 277 g/mol. The molecule has 0 aliphatic heterocycles. The van der Waals surface area contributed by atoms with Crippen LogP contribution in [0.3, 0.4) is 0 Å². The Balaban J connectivity index is 1.98. The highest BCUT2D eigenvalue weighted by Crippen LogP contribution is 2.22. The Kier molecular flexibility index (Phi) is 5.06. The van der Waals surface area contributed by atoms with Crippen molar-refractivity contribution in [3.05, 3.63) is 58.9 Å². The van der Waals surface area contributed by atoms with Crippen LogP contribution in [0.15, 0.2) is 42.6 Å². The number of benzene rings is 1. The predicted octanol–water partition coefficient (Wildman–Crippen LogP) is 4.40. The van der Waals surface area contributed by atoms with Gasteiger partial charge in [0.05, 0.1) is 0 Å². The third-order valence-corrected chi connectivity index (χ3v) is 3.69. The summed E-state index contributed by atoms with van der Waals surface area (Å²) in [5.74, 6) is 0. The molecule has 1 unspecified atom stereocenters. The lowest BCUT2D eigenvalue weighted by Crippen LogP contribution is -2.20. The Labute approximate surface area is 120 Å². The Bertz CT molecular complexity index is 519. The molecule has 0 radical (unpaired) electrons. The second kappa shape index (κ2) is 6.78. The standard InChI is InChI=1S/C16H21ClN2/c1-3-10-19-11-6-7-14(19)12-18-13(2)15-8-4-5-9-16(15)17/h4-9,11,13,18H,3,10,12H2,1-2H3. The maximum Gasteiger partial charge on any atom is 0.0453 e. The molecule has 2 rings (SSSR count). The highest BCUT2D eigenvalue weighted by atomic mass is 35.5. The zero-order valence-electron chi connectivity index (χ0n) is 11.6. The van der Waals surface area contributed by atoms with Gasteiger partial charge in [0, 0.05) is 36.0 Å². The predicted molar refractivity (Wildman–Crippen MR) is 81.4 cm³/mol. The molecule has 3 heteroatoms. The fraction of sp³-hybridized carbons (Fsp3) is 0.375. The van der Waals surface area contributed by atoms with Crippen molar-refractivity contribution >= 4 is 11.6 Å². The minimum Gasteiger partial charge on any atom is -0.350 e. The van der Waals surface area contributed by atoms with Gasteiger partial charge in [-0.1, -0.05) is 36.7 Å². The van der Waals surface area contributed by atoms with Gasteiger partial charge in [-0.15, -0.1) is 0 Å². The van der Waals surface area contributed by atoms with Crippen LogP contribution < -0.4 is 5.32 Å². The largest absolute Gasteiger partial charge is 0.350 e. The first-order valence-corrected chi connectivity index (χ1v) is 7.22. The molecule has 1 aromatic carbocycles. The normalized spacial score (nSPS) is 12.6. The molecule has 0 bridgehead atoms. The molecule has 102 valence electrons. The molecule has 0 amide bonds. The van der Waals surface area contributed by atoms with Gasteiger partial charge in [-0.2, -0.15) is 0 Å². The van der Waals surface area contributed by atoms with Crippen LogP contribution in [0.2, 0.25) is 5.02 Å². The summed E-state index contributed by atoms with van der Waals surface area (Å²) in [5.41, 5.74) is 2.47. The molecule has 0 saturated carbocycles. The number of hydrogen-bond donors (Lipinski definition) is 1. The van der Waals surface area contributed by atoms with Crippen molar-refractivity contribution in [1.29, 1.82) is 0 Å². The van der Waals surface area contributed by atoms with Crippen LogP contribution in [0.5, 0.6) is 0 Å². The van der Waals surface area contributed by atoms with Crippen LogP contribution in [0, 0.1) is 0 Å². The highest BCUT2D eigenvalue weighted by molar-refractivity contribution is 6.31. The first-order chi connectivity index (χ1) is 9.22. The first kappa shape index (κ1) is 14.2. The fourth-order valence-corrected chi connectivity index (χ4v) is 2.56. The van der Waals surface area contributed by atoms with Crippen LogP contribution >= 0.6 is 11.6 Å². The van der Waals surface area contributed by atoms with Crippen LogP contribution in [0.4, 0.5) is 0 Å². The monoisotopic (exact) mass is 276 g/mol. The van der Waals surface area contributed by atoms with E-state index in [-0.39, 0.29) is 6.04 Å². The number of hydrogen-bond acceptors (Lipinski definition) is 1. The SMILES string of the molecule is CCCn1cccc1CNC(C)c1ccccc1Cl. The van der Waals surface area contributed by atoms with Crippen LogP contribution in [-0.4, -0.2) is 4.57 Å². The molecule has 0 aliphatic rings. The number of nitrogens with zero attached hydrogens (tertiary/aromatic N) is 1. The van der Waals surface area contributed by atoms with Crippen molar-refractivity contribution < 1.29 is 0 Å². The van der Waals surface area contributed by atoms with Gasteiger partial charge in [0.1, 0.15) is 0 Å². The van der Waals surface area contributed by atoms with Gasteiger partial charge in [-0.3, -0.25) is 0 Å². The van der Waals surface area contributed by atoms with Gasteiger partial charge in [0.2, 0.25) is 0 Å². The molecule has 1 aromatic heterocycles. The Morgan fingerprint density at radius 3 is 2.74 bits per heavy atom. The Morgan fingerprint density at radius 1 is 1.21 bits per heavy atom. The van der Waals surface area contributed by atoms with E-state index in [1.165, 1.54) is 5.69 Å². The Hall–Kier alpha value is -1.25. The second-order valence-corrected chi connectivity index (χ2v) is 5.22. The van der Waals surface area contributed by atoms with Gasteiger partial charge in [0.15, 0.2) is 0 Å². The zero-order valence-corrected chi connectivity index (χ0v) is 12.3. The Morgan fingerprint density at radius 2 is 2.00 bits per heavy atom. The maximum absolute atomic E-state index is 6.22. The molecular weight excluding hydrogens is 256 g/mol. The lowest BCUT2D eigenvalue weighted by Gasteiger charge is -2.16. The molecule has 2 nitrogen and oxygen atoms in total. The minimum absolute atomic E-state index is 0.249.